The lowest BCUT2D eigenvalue weighted by Gasteiger charge is -1.74. The lowest BCUT2D eigenvalue weighted by molar-refractivity contribution is 0.392. The van der Waals surface area contributed by atoms with Crippen molar-refractivity contribution in [3.8, 4) is 0 Å². The van der Waals surface area contributed by atoms with Crippen LogP contribution in [0.25, 0.3) is 0 Å². The van der Waals surface area contributed by atoms with Crippen molar-refractivity contribution in [1.29, 1.82) is 0 Å². The first-order valence-electron chi connectivity index (χ1n) is 2.13. The fourth-order valence-corrected chi connectivity index (χ4v) is 0.529. The van der Waals surface area contributed by atoms with Crippen LogP contribution in [-0.4, -0.2) is 15.7 Å². The zero-order chi connectivity index (χ0) is 5.82. The largest absolute Gasteiger partial charge is 0.345 e. The maximum atomic E-state index is 4.57. The first kappa shape index (κ1) is 5.37. The maximum absolute atomic E-state index is 4.57. The van der Waals surface area contributed by atoms with Gasteiger partial charge < -0.3 is 4.52 Å². The van der Waals surface area contributed by atoms with Gasteiger partial charge in [0.25, 0.3) is 0 Å². The molecule has 1 aromatic heterocycles. The SMILES string of the molecule is S=CCc1conn1. The molecular weight excluding hydrogens is 124 g/mol. The first-order chi connectivity index (χ1) is 3.93. The van der Waals surface area contributed by atoms with Gasteiger partial charge in [-0.15, -0.1) is 5.10 Å². The molecule has 0 aliphatic carbocycles. The molecular formula is C4H4N2OS. The van der Waals surface area contributed by atoms with Gasteiger partial charge in [-0.1, -0.05) is 12.2 Å². The van der Waals surface area contributed by atoms with Gasteiger partial charge in [0, 0.05) is 11.7 Å². The van der Waals surface area contributed by atoms with Crippen molar-refractivity contribution < 1.29 is 4.52 Å². The molecule has 8 heavy (non-hydrogen) atoms. The summed E-state index contributed by atoms with van der Waals surface area (Å²) < 4.78 is 4.44. The summed E-state index contributed by atoms with van der Waals surface area (Å²) in [5, 5.41) is 8.42. The van der Waals surface area contributed by atoms with E-state index < -0.39 is 0 Å². The summed E-state index contributed by atoms with van der Waals surface area (Å²) in [6, 6.07) is 0. The highest BCUT2D eigenvalue weighted by atomic mass is 32.1. The van der Waals surface area contributed by atoms with Crippen molar-refractivity contribution in [2.45, 2.75) is 6.42 Å². The number of aromatic nitrogens is 2. The van der Waals surface area contributed by atoms with Crippen LogP contribution in [0.4, 0.5) is 0 Å². The van der Waals surface area contributed by atoms with Gasteiger partial charge in [0.15, 0.2) is 0 Å². The van der Waals surface area contributed by atoms with E-state index in [1.165, 1.54) is 6.26 Å². The number of nitrogens with zero attached hydrogens (tertiary/aromatic N) is 2. The van der Waals surface area contributed by atoms with Gasteiger partial charge in [-0.2, -0.15) is 0 Å². The van der Waals surface area contributed by atoms with Gasteiger partial charge in [-0.3, -0.25) is 0 Å². The maximum Gasteiger partial charge on any atom is 0.147 e. The summed E-state index contributed by atoms with van der Waals surface area (Å²) in [7, 11) is 0. The highest BCUT2D eigenvalue weighted by Gasteiger charge is 1.90. The van der Waals surface area contributed by atoms with Crippen molar-refractivity contribution in [1.82, 2.24) is 10.4 Å². The number of thiocarbonyl (C=S) groups is 1. The average Bonchev–Trinajstić information content (AvgIpc) is 2.19. The molecule has 0 spiro atoms. The fraction of sp³-hybridized carbons (Fsp3) is 0.250. The van der Waals surface area contributed by atoms with E-state index in [-0.39, 0.29) is 0 Å². The van der Waals surface area contributed by atoms with Crippen LogP contribution in [0.1, 0.15) is 5.69 Å². The van der Waals surface area contributed by atoms with Crippen LogP contribution in [0.5, 0.6) is 0 Å². The Morgan fingerprint density at radius 1 is 1.88 bits per heavy atom. The molecule has 0 unspecified atom stereocenters. The predicted molar refractivity (Wildman–Crippen MR) is 31.7 cm³/mol. The second-order valence-corrected chi connectivity index (χ2v) is 1.60. The third-order valence-corrected chi connectivity index (χ3v) is 0.864. The Balaban J connectivity index is 2.62. The van der Waals surface area contributed by atoms with Gasteiger partial charge in [0.1, 0.15) is 12.0 Å². The second kappa shape index (κ2) is 2.52. The molecule has 0 amide bonds. The molecule has 0 fully saturated rings. The summed E-state index contributed by atoms with van der Waals surface area (Å²) in [4.78, 5) is 0. The Labute approximate surface area is 51.7 Å². The molecule has 0 N–H and O–H groups in total. The Morgan fingerprint density at radius 2 is 2.75 bits per heavy atom. The van der Waals surface area contributed by atoms with Crippen LogP contribution >= 0.6 is 12.2 Å². The van der Waals surface area contributed by atoms with Gasteiger partial charge in [0.05, 0.1) is 0 Å². The smallest absolute Gasteiger partial charge is 0.147 e. The molecule has 0 aromatic carbocycles. The summed E-state index contributed by atoms with van der Waals surface area (Å²) in [5.41, 5.74) is 0.778. The predicted octanol–water partition coefficient (Wildman–Crippen LogP) is 0.612. The summed E-state index contributed by atoms with van der Waals surface area (Å²) >= 11 is 4.57. The van der Waals surface area contributed by atoms with E-state index in [2.05, 4.69) is 27.1 Å². The van der Waals surface area contributed by atoms with Crippen LogP contribution < -0.4 is 0 Å². The van der Waals surface area contributed by atoms with E-state index in [0.717, 1.165) is 5.69 Å². The Kier molecular flexibility index (Phi) is 1.69. The highest BCUT2D eigenvalue weighted by Crippen LogP contribution is 1.88. The summed E-state index contributed by atoms with van der Waals surface area (Å²) in [6.45, 7) is 0. The van der Waals surface area contributed by atoms with E-state index in [1.54, 1.807) is 5.37 Å². The van der Waals surface area contributed by atoms with Gasteiger partial charge in [0.2, 0.25) is 0 Å². The molecule has 0 saturated carbocycles. The minimum absolute atomic E-state index is 0.652. The van der Waals surface area contributed by atoms with Gasteiger partial charge in [-0.05, 0) is 5.37 Å². The summed E-state index contributed by atoms with van der Waals surface area (Å²) in [6.07, 6.45) is 2.13. The van der Waals surface area contributed by atoms with Gasteiger partial charge in [-0.25, -0.2) is 0 Å². The van der Waals surface area contributed by atoms with Gasteiger partial charge >= 0.3 is 0 Å². The molecule has 1 heterocycles. The minimum atomic E-state index is 0.652. The first-order valence-corrected chi connectivity index (χ1v) is 2.60. The van der Waals surface area contributed by atoms with E-state index in [4.69, 9.17) is 0 Å². The topological polar surface area (TPSA) is 38.9 Å². The minimum Gasteiger partial charge on any atom is -0.345 e. The molecule has 0 bridgehead atoms. The van der Waals surface area contributed by atoms with Crippen LogP contribution in [0.3, 0.4) is 0 Å². The van der Waals surface area contributed by atoms with Crippen molar-refractivity contribution in [2.75, 3.05) is 0 Å². The molecule has 0 aliphatic rings. The highest BCUT2D eigenvalue weighted by molar-refractivity contribution is 7.78. The van der Waals surface area contributed by atoms with Crippen LogP contribution in [0, 0.1) is 0 Å². The zero-order valence-electron chi connectivity index (χ0n) is 4.07. The van der Waals surface area contributed by atoms with Crippen molar-refractivity contribution in [3.05, 3.63) is 12.0 Å². The Bertz CT molecular complexity index is 161. The fourth-order valence-electron chi connectivity index (χ4n) is 0.358. The lowest BCUT2D eigenvalue weighted by atomic mass is 10.4. The normalized spacial score (nSPS) is 9.00. The third-order valence-electron chi connectivity index (χ3n) is 0.698. The van der Waals surface area contributed by atoms with Crippen LogP contribution in [0.15, 0.2) is 10.8 Å². The second-order valence-electron chi connectivity index (χ2n) is 1.27. The molecule has 3 nitrogen and oxygen atoms in total. The van der Waals surface area contributed by atoms with Crippen LogP contribution in [-0.2, 0) is 6.42 Å². The molecule has 0 saturated heterocycles. The van der Waals surface area contributed by atoms with E-state index in [9.17, 15) is 0 Å². The average molecular weight is 128 g/mol. The van der Waals surface area contributed by atoms with Crippen LogP contribution in [0.2, 0.25) is 0 Å². The molecule has 0 radical (unpaired) electrons. The molecule has 0 atom stereocenters. The number of hydrogen-bond donors (Lipinski definition) is 0. The molecule has 0 aliphatic heterocycles. The van der Waals surface area contributed by atoms with Crippen molar-refractivity contribution in [2.24, 2.45) is 0 Å². The lowest BCUT2D eigenvalue weighted by Crippen LogP contribution is -1.82. The standard InChI is InChI=1S/C4H4N2OS/c8-2-1-4-3-7-6-5-4/h2-3H,1H2. The van der Waals surface area contributed by atoms with Crippen molar-refractivity contribution >= 4 is 17.6 Å². The summed E-state index contributed by atoms with van der Waals surface area (Å²) in [5.74, 6) is 0. The number of hydrogen-bond acceptors (Lipinski definition) is 4. The Hall–Kier alpha value is -0.770. The number of rotatable bonds is 2. The quantitative estimate of drug-likeness (QED) is 0.547. The Morgan fingerprint density at radius 3 is 3.25 bits per heavy atom. The van der Waals surface area contributed by atoms with Crippen molar-refractivity contribution in [3.63, 3.8) is 0 Å². The van der Waals surface area contributed by atoms with E-state index in [1.807, 2.05) is 0 Å². The van der Waals surface area contributed by atoms with E-state index in [0.29, 0.717) is 6.42 Å². The molecule has 1 aromatic rings. The monoisotopic (exact) mass is 128 g/mol. The third kappa shape index (κ3) is 1.10. The van der Waals surface area contributed by atoms with E-state index >= 15 is 0 Å². The molecule has 1 rings (SSSR count). The molecule has 4 heteroatoms. The zero-order valence-corrected chi connectivity index (χ0v) is 4.89. The molecule has 42 valence electrons.